The summed E-state index contributed by atoms with van der Waals surface area (Å²) in [6, 6.07) is 14.8. The minimum atomic E-state index is -4.32. The van der Waals surface area contributed by atoms with E-state index in [-0.39, 0.29) is 22.9 Å². The largest absolute Gasteiger partial charge is 0.497 e. The third-order valence-corrected chi connectivity index (χ3v) is 9.08. The van der Waals surface area contributed by atoms with Crippen LogP contribution in [0.4, 0.5) is 5.69 Å². The number of rotatable bonds is 11. The zero-order chi connectivity index (χ0) is 32.1. The van der Waals surface area contributed by atoms with Crippen LogP contribution in [0.1, 0.15) is 38.8 Å². The van der Waals surface area contributed by atoms with Gasteiger partial charge in [-0.1, -0.05) is 47.0 Å². The van der Waals surface area contributed by atoms with Gasteiger partial charge in [0.2, 0.25) is 11.8 Å². The minimum absolute atomic E-state index is 0.0324. The van der Waals surface area contributed by atoms with Crippen LogP contribution in [0.15, 0.2) is 65.6 Å². The number of carbonyl (C=O) groups is 2. The molecule has 0 aromatic heterocycles. The molecule has 0 aliphatic heterocycles. The van der Waals surface area contributed by atoms with Gasteiger partial charge in [-0.05, 0) is 71.0 Å². The van der Waals surface area contributed by atoms with Crippen LogP contribution in [0.25, 0.3) is 0 Å². The van der Waals surface area contributed by atoms with Gasteiger partial charge in [-0.3, -0.25) is 13.9 Å². The molecular formula is C31H37Cl2N3O6S. The normalized spacial score (nSPS) is 12.3. The topological polar surface area (TPSA) is 105 Å². The maximum absolute atomic E-state index is 14.2. The molecule has 3 aromatic rings. The van der Waals surface area contributed by atoms with Crippen molar-refractivity contribution in [3.63, 3.8) is 0 Å². The van der Waals surface area contributed by atoms with Gasteiger partial charge in [-0.2, -0.15) is 0 Å². The Morgan fingerprint density at radius 1 is 0.953 bits per heavy atom. The molecule has 1 atom stereocenters. The van der Waals surface area contributed by atoms with Crippen LogP contribution >= 0.6 is 23.2 Å². The molecule has 43 heavy (non-hydrogen) atoms. The lowest BCUT2D eigenvalue weighted by Gasteiger charge is -2.34. The fourth-order valence-corrected chi connectivity index (χ4v) is 6.19. The number of hydrogen-bond donors (Lipinski definition) is 1. The van der Waals surface area contributed by atoms with Crippen molar-refractivity contribution in [3.05, 3.63) is 81.8 Å². The lowest BCUT2D eigenvalue weighted by Crippen LogP contribution is -2.54. The summed E-state index contributed by atoms with van der Waals surface area (Å²) in [4.78, 5) is 28.8. The highest BCUT2D eigenvalue weighted by Crippen LogP contribution is 2.36. The minimum Gasteiger partial charge on any atom is -0.497 e. The fourth-order valence-electron chi connectivity index (χ4n) is 4.25. The Labute approximate surface area is 263 Å². The Bertz CT molecular complexity index is 1550. The number of nitrogens with one attached hydrogen (secondary N) is 1. The van der Waals surface area contributed by atoms with Gasteiger partial charge in [-0.15, -0.1) is 0 Å². The van der Waals surface area contributed by atoms with Crippen LogP contribution in [0.3, 0.4) is 0 Å². The number of aryl methyl sites for hydroxylation is 1. The number of amides is 2. The average Bonchev–Trinajstić information content (AvgIpc) is 2.94. The SMILES string of the molecule is COc1ccc(OC)c(N(CC(=O)N(Cc2c(Cl)cccc2Cl)[C@H](C)C(=O)NC(C)(C)C)S(=O)(=O)c2ccc(C)cc2)c1. The number of halogens is 2. The van der Waals surface area contributed by atoms with Gasteiger partial charge in [0.15, 0.2) is 0 Å². The second-order valence-electron chi connectivity index (χ2n) is 11.0. The molecule has 1 N–H and O–H groups in total. The summed E-state index contributed by atoms with van der Waals surface area (Å²) >= 11 is 12.9. The van der Waals surface area contributed by atoms with E-state index in [0.717, 1.165) is 9.87 Å². The number of benzene rings is 3. The summed E-state index contributed by atoms with van der Waals surface area (Å²) in [6.07, 6.45) is 0. The molecule has 9 nitrogen and oxygen atoms in total. The van der Waals surface area contributed by atoms with Crippen molar-refractivity contribution in [2.24, 2.45) is 0 Å². The number of anilines is 1. The van der Waals surface area contributed by atoms with Gasteiger partial charge in [0, 0.05) is 33.8 Å². The number of carbonyl (C=O) groups excluding carboxylic acids is 2. The van der Waals surface area contributed by atoms with Crippen LogP contribution in [-0.2, 0) is 26.2 Å². The van der Waals surface area contributed by atoms with Crippen molar-refractivity contribution in [1.82, 2.24) is 10.2 Å². The zero-order valence-corrected chi connectivity index (χ0v) is 27.6. The van der Waals surface area contributed by atoms with E-state index in [4.69, 9.17) is 32.7 Å². The molecule has 2 amide bonds. The number of ether oxygens (including phenoxy) is 2. The van der Waals surface area contributed by atoms with Gasteiger partial charge in [0.05, 0.1) is 24.8 Å². The first kappa shape index (κ1) is 34.0. The third kappa shape index (κ3) is 8.34. The molecule has 0 fully saturated rings. The number of hydrogen-bond acceptors (Lipinski definition) is 6. The Hall–Kier alpha value is -3.47. The highest BCUT2D eigenvalue weighted by atomic mass is 35.5. The Morgan fingerprint density at radius 3 is 2.09 bits per heavy atom. The molecule has 3 aromatic carbocycles. The summed E-state index contributed by atoms with van der Waals surface area (Å²) in [5, 5.41) is 3.48. The van der Waals surface area contributed by atoms with Crippen molar-refractivity contribution >= 4 is 50.7 Å². The summed E-state index contributed by atoms with van der Waals surface area (Å²) in [6.45, 7) is 8.04. The van der Waals surface area contributed by atoms with Crippen LogP contribution in [-0.4, -0.2) is 57.5 Å². The predicted molar refractivity (Wildman–Crippen MR) is 170 cm³/mol. The van der Waals surface area contributed by atoms with Crippen molar-refractivity contribution < 1.29 is 27.5 Å². The lowest BCUT2D eigenvalue weighted by atomic mass is 10.1. The fraction of sp³-hybridized carbons (Fsp3) is 0.355. The highest BCUT2D eigenvalue weighted by molar-refractivity contribution is 7.92. The quantitative estimate of drug-likeness (QED) is 0.280. The van der Waals surface area contributed by atoms with Crippen LogP contribution in [0, 0.1) is 6.92 Å². The van der Waals surface area contributed by atoms with E-state index in [9.17, 15) is 18.0 Å². The standard InChI is InChI=1S/C31H37Cl2N3O6S/c1-20-11-14-23(15-12-20)43(39,40)36(27-17-22(41-6)13-16-28(27)42-7)19-29(37)35(21(2)30(38)34-31(3,4)5)18-24-25(32)9-8-10-26(24)33/h8-17,21H,18-19H2,1-7H3,(H,34,38)/t21-/m1/s1. The van der Waals surface area contributed by atoms with E-state index in [1.807, 2.05) is 27.7 Å². The molecule has 232 valence electrons. The molecule has 0 saturated heterocycles. The zero-order valence-electron chi connectivity index (χ0n) is 25.3. The molecular weight excluding hydrogens is 613 g/mol. The van der Waals surface area contributed by atoms with Gasteiger partial charge < -0.3 is 19.7 Å². The molecule has 3 rings (SSSR count). The molecule has 0 saturated carbocycles. The van der Waals surface area contributed by atoms with E-state index in [0.29, 0.717) is 21.4 Å². The maximum Gasteiger partial charge on any atom is 0.264 e. The van der Waals surface area contributed by atoms with Crippen molar-refractivity contribution in [2.45, 2.75) is 57.6 Å². The van der Waals surface area contributed by atoms with Crippen LogP contribution in [0.5, 0.6) is 11.5 Å². The van der Waals surface area contributed by atoms with E-state index < -0.39 is 40.0 Å². The van der Waals surface area contributed by atoms with Gasteiger partial charge in [0.1, 0.15) is 24.1 Å². The monoisotopic (exact) mass is 649 g/mol. The van der Waals surface area contributed by atoms with Crippen molar-refractivity contribution in [1.29, 1.82) is 0 Å². The van der Waals surface area contributed by atoms with E-state index in [1.54, 1.807) is 49.4 Å². The summed E-state index contributed by atoms with van der Waals surface area (Å²) in [5.74, 6) is -0.558. The first-order valence-electron chi connectivity index (χ1n) is 13.4. The molecule has 0 aliphatic rings. The molecule has 12 heteroatoms. The van der Waals surface area contributed by atoms with Crippen molar-refractivity contribution in [2.75, 3.05) is 25.1 Å². The van der Waals surface area contributed by atoms with E-state index in [1.165, 1.54) is 37.3 Å². The first-order valence-corrected chi connectivity index (χ1v) is 15.6. The second kappa shape index (κ2) is 13.9. The third-order valence-electron chi connectivity index (χ3n) is 6.60. The Kier molecular flexibility index (Phi) is 11.0. The van der Waals surface area contributed by atoms with E-state index in [2.05, 4.69) is 5.32 Å². The molecule has 0 aliphatic carbocycles. The van der Waals surface area contributed by atoms with Gasteiger partial charge in [-0.25, -0.2) is 8.42 Å². The summed E-state index contributed by atoms with van der Waals surface area (Å²) in [5.41, 5.74) is 0.776. The Morgan fingerprint density at radius 2 is 1.56 bits per heavy atom. The summed E-state index contributed by atoms with van der Waals surface area (Å²) in [7, 11) is -1.48. The van der Waals surface area contributed by atoms with Crippen LogP contribution < -0.4 is 19.1 Å². The van der Waals surface area contributed by atoms with Gasteiger partial charge >= 0.3 is 0 Å². The number of sulfonamides is 1. The molecule has 0 radical (unpaired) electrons. The maximum atomic E-state index is 14.2. The lowest BCUT2D eigenvalue weighted by molar-refractivity contribution is -0.140. The Balaban J connectivity index is 2.17. The molecule has 0 spiro atoms. The van der Waals surface area contributed by atoms with Gasteiger partial charge in [0.25, 0.3) is 10.0 Å². The predicted octanol–water partition coefficient (Wildman–Crippen LogP) is 5.85. The summed E-state index contributed by atoms with van der Waals surface area (Å²) < 4.78 is 40.1. The van der Waals surface area contributed by atoms with Crippen LogP contribution in [0.2, 0.25) is 10.0 Å². The highest BCUT2D eigenvalue weighted by Gasteiger charge is 2.35. The molecule has 0 bridgehead atoms. The average molecular weight is 651 g/mol. The number of nitrogens with zero attached hydrogens (tertiary/aromatic N) is 2. The first-order chi connectivity index (χ1) is 20.1. The van der Waals surface area contributed by atoms with Crippen molar-refractivity contribution in [3.8, 4) is 11.5 Å². The van der Waals surface area contributed by atoms with E-state index >= 15 is 0 Å². The number of methoxy groups -OCH3 is 2. The smallest absolute Gasteiger partial charge is 0.264 e. The molecule has 0 unspecified atom stereocenters. The molecule has 0 heterocycles. The second-order valence-corrected chi connectivity index (χ2v) is 13.7.